The van der Waals surface area contributed by atoms with Crippen LogP contribution in [0.2, 0.25) is 0 Å². The van der Waals surface area contributed by atoms with E-state index < -0.39 is 30.2 Å². The van der Waals surface area contributed by atoms with Crippen molar-refractivity contribution in [2.24, 2.45) is 0 Å². The van der Waals surface area contributed by atoms with E-state index in [2.05, 4.69) is 4.74 Å². The van der Waals surface area contributed by atoms with Crippen molar-refractivity contribution in [2.45, 2.75) is 12.7 Å². The fraction of sp³-hybridized carbons (Fsp3) is 0.364. The van der Waals surface area contributed by atoms with Gasteiger partial charge in [0.2, 0.25) is 0 Å². The summed E-state index contributed by atoms with van der Waals surface area (Å²) in [6, 6.07) is 2.80. The molecule has 0 aromatic heterocycles. The van der Waals surface area contributed by atoms with Gasteiger partial charge < -0.3 is 14.7 Å². The van der Waals surface area contributed by atoms with Gasteiger partial charge in [0.15, 0.2) is 0 Å². The Morgan fingerprint density at radius 1 is 1.44 bits per heavy atom. The van der Waals surface area contributed by atoms with Crippen LogP contribution in [0.1, 0.15) is 10.4 Å². The third kappa shape index (κ3) is 2.56. The molecule has 18 heavy (non-hydrogen) atoms. The van der Waals surface area contributed by atoms with Crippen LogP contribution in [0.3, 0.4) is 0 Å². The van der Waals surface area contributed by atoms with E-state index >= 15 is 0 Å². The predicted octanol–water partition coefficient (Wildman–Crippen LogP) is 1.24. The number of rotatable bonds is 3. The Kier molecular flexibility index (Phi) is 3.42. The third-order valence-corrected chi connectivity index (χ3v) is 2.54. The summed E-state index contributed by atoms with van der Waals surface area (Å²) >= 11 is 0. The second-order valence-corrected chi connectivity index (χ2v) is 3.88. The molecule has 1 fully saturated rings. The van der Waals surface area contributed by atoms with Gasteiger partial charge in [-0.05, 0) is 12.1 Å². The predicted molar refractivity (Wildman–Crippen MR) is 54.9 cm³/mol. The van der Waals surface area contributed by atoms with Gasteiger partial charge in [0, 0.05) is 19.2 Å². The standard InChI is InChI=1S/C11H10F3NO3/c12-6-1-2-8(9(3-6)18-11(13)14)10(17)15-4-7(16)5-15/h1-3,7,11,16H,4-5H2. The van der Waals surface area contributed by atoms with E-state index in [1.165, 1.54) is 4.90 Å². The summed E-state index contributed by atoms with van der Waals surface area (Å²) in [7, 11) is 0. The van der Waals surface area contributed by atoms with E-state index in [-0.39, 0.29) is 18.7 Å². The first-order valence-electron chi connectivity index (χ1n) is 5.19. The Bertz CT molecular complexity index is 461. The molecule has 1 saturated heterocycles. The Morgan fingerprint density at radius 3 is 2.67 bits per heavy atom. The molecule has 1 amide bonds. The second-order valence-electron chi connectivity index (χ2n) is 3.88. The van der Waals surface area contributed by atoms with Gasteiger partial charge in [-0.1, -0.05) is 0 Å². The Balaban J connectivity index is 2.23. The summed E-state index contributed by atoms with van der Waals surface area (Å²) in [6.45, 7) is -2.88. The molecule has 7 heteroatoms. The van der Waals surface area contributed by atoms with Gasteiger partial charge in [-0.2, -0.15) is 8.78 Å². The molecule has 0 aliphatic carbocycles. The first-order chi connectivity index (χ1) is 8.47. The second kappa shape index (κ2) is 4.85. The van der Waals surface area contributed by atoms with Crippen LogP contribution in [0.15, 0.2) is 18.2 Å². The highest BCUT2D eigenvalue weighted by Gasteiger charge is 2.31. The molecule has 1 aromatic carbocycles. The molecule has 1 heterocycles. The van der Waals surface area contributed by atoms with E-state index in [0.717, 1.165) is 18.2 Å². The molecule has 1 aromatic rings. The fourth-order valence-corrected chi connectivity index (χ4v) is 1.66. The van der Waals surface area contributed by atoms with Crippen LogP contribution in [0.4, 0.5) is 13.2 Å². The number of hydrogen-bond donors (Lipinski definition) is 1. The van der Waals surface area contributed by atoms with Crippen LogP contribution in [0.25, 0.3) is 0 Å². The zero-order chi connectivity index (χ0) is 13.3. The number of benzene rings is 1. The molecular formula is C11H10F3NO3. The van der Waals surface area contributed by atoms with Crippen LogP contribution in [-0.2, 0) is 0 Å². The maximum Gasteiger partial charge on any atom is 0.387 e. The van der Waals surface area contributed by atoms with Crippen molar-refractivity contribution in [3.05, 3.63) is 29.6 Å². The Morgan fingerprint density at radius 2 is 2.11 bits per heavy atom. The number of carbonyl (C=O) groups excluding carboxylic acids is 1. The Hall–Kier alpha value is -1.76. The number of halogens is 3. The number of alkyl halides is 2. The molecule has 4 nitrogen and oxygen atoms in total. The normalized spacial score (nSPS) is 15.7. The summed E-state index contributed by atoms with van der Waals surface area (Å²) in [5, 5.41) is 9.07. The van der Waals surface area contributed by atoms with Crippen LogP contribution < -0.4 is 4.74 Å². The summed E-state index contributed by atoms with van der Waals surface area (Å²) in [6.07, 6.45) is -0.603. The number of ether oxygens (including phenoxy) is 1. The highest BCUT2D eigenvalue weighted by Crippen LogP contribution is 2.25. The van der Waals surface area contributed by atoms with E-state index in [4.69, 9.17) is 5.11 Å². The summed E-state index contributed by atoms with van der Waals surface area (Å²) in [4.78, 5) is 13.1. The monoisotopic (exact) mass is 261 g/mol. The molecule has 0 bridgehead atoms. The van der Waals surface area contributed by atoms with Crippen molar-refractivity contribution in [3.63, 3.8) is 0 Å². The SMILES string of the molecule is O=C(c1ccc(F)cc1OC(F)F)N1CC(O)C1. The van der Waals surface area contributed by atoms with Gasteiger partial charge in [-0.25, -0.2) is 4.39 Å². The summed E-state index contributed by atoms with van der Waals surface area (Å²) < 4.78 is 41.3. The number of likely N-dealkylation sites (tertiary alicyclic amines) is 1. The van der Waals surface area contributed by atoms with E-state index in [1.807, 2.05) is 0 Å². The minimum atomic E-state index is -3.14. The lowest BCUT2D eigenvalue weighted by atomic mass is 10.1. The quantitative estimate of drug-likeness (QED) is 0.890. The largest absolute Gasteiger partial charge is 0.434 e. The molecule has 0 atom stereocenters. The smallest absolute Gasteiger partial charge is 0.387 e. The number of β-amino-alcohol motifs (C(OH)–C–C–N with tert-alkyl or cyclic N) is 1. The van der Waals surface area contributed by atoms with Gasteiger partial charge in [-0.3, -0.25) is 4.79 Å². The number of carbonyl (C=O) groups is 1. The van der Waals surface area contributed by atoms with Crippen molar-refractivity contribution >= 4 is 5.91 Å². The van der Waals surface area contributed by atoms with Gasteiger partial charge in [0.1, 0.15) is 11.6 Å². The molecule has 0 saturated carbocycles. The van der Waals surface area contributed by atoms with Gasteiger partial charge in [-0.15, -0.1) is 0 Å². The van der Waals surface area contributed by atoms with E-state index in [0.29, 0.717) is 0 Å². The number of amides is 1. The van der Waals surface area contributed by atoms with Crippen molar-refractivity contribution in [1.82, 2.24) is 4.90 Å². The third-order valence-electron chi connectivity index (χ3n) is 2.54. The molecule has 2 rings (SSSR count). The summed E-state index contributed by atoms with van der Waals surface area (Å²) in [5.41, 5.74) is -0.149. The van der Waals surface area contributed by atoms with Crippen LogP contribution in [0.5, 0.6) is 5.75 Å². The highest BCUT2D eigenvalue weighted by atomic mass is 19.3. The van der Waals surface area contributed by atoms with Crippen LogP contribution in [0, 0.1) is 5.82 Å². The van der Waals surface area contributed by atoms with Gasteiger partial charge in [0.05, 0.1) is 11.7 Å². The number of hydrogen-bond acceptors (Lipinski definition) is 3. The van der Waals surface area contributed by atoms with Crippen molar-refractivity contribution in [1.29, 1.82) is 0 Å². The minimum absolute atomic E-state index is 0.129. The van der Waals surface area contributed by atoms with Gasteiger partial charge >= 0.3 is 6.61 Å². The lowest BCUT2D eigenvalue weighted by Crippen LogP contribution is -2.53. The van der Waals surface area contributed by atoms with Crippen molar-refractivity contribution < 1.29 is 27.8 Å². The van der Waals surface area contributed by atoms with Crippen molar-refractivity contribution in [2.75, 3.05) is 13.1 Å². The molecule has 1 aliphatic heterocycles. The number of aliphatic hydroxyl groups excluding tert-OH is 1. The summed E-state index contributed by atoms with van der Waals surface area (Å²) in [5.74, 6) is -1.85. The topological polar surface area (TPSA) is 49.8 Å². The molecule has 0 radical (unpaired) electrons. The first-order valence-corrected chi connectivity index (χ1v) is 5.19. The zero-order valence-electron chi connectivity index (χ0n) is 9.15. The van der Waals surface area contributed by atoms with E-state index in [1.54, 1.807) is 0 Å². The van der Waals surface area contributed by atoms with Crippen molar-refractivity contribution in [3.8, 4) is 5.75 Å². The number of aliphatic hydroxyl groups is 1. The van der Waals surface area contributed by atoms with E-state index in [9.17, 15) is 18.0 Å². The van der Waals surface area contributed by atoms with Gasteiger partial charge in [0.25, 0.3) is 5.91 Å². The highest BCUT2D eigenvalue weighted by molar-refractivity contribution is 5.97. The average Bonchev–Trinajstić information content (AvgIpc) is 2.23. The fourth-order valence-electron chi connectivity index (χ4n) is 1.66. The molecule has 1 aliphatic rings. The van der Waals surface area contributed by atoms with Crippen LogP contribution >= 0.6 is 0 Å². The maximum absolute atomic E-state index is 12.9. The Labute approximate surface area is 101 Å². The van der Waals surface area contributed by atoms with Crippen LogP contribution in [-0.4, -0.2) is 41.7 Å². The lowest BCUT2D eigenvalue weighted by Gasteiger charge is -2.36. The zero-order valence-corrected chi connectivity index (χ0v) is 9.15. The number of nitrogens with zero attached hydrogens (tertiary/aromatic N) is 1. The minimum Gasteiger partial charge on any atom is -0.434 e. The molecule has 0 spiro atoms. The molecule has 1 N–H and O–H groups in total. The first kappa shape index (κ1) is 12.7. The molecule has 0 unspecified atom stereocenters. The molecule has 98 valence electrons. The molecular weight excluding hydrogens is 251 g/mol. The maximum atomic E-state index is 12.9. The lowest BCUT2D eigenvalue weighted by molar-refractivity contribution is -0.0508. The average molecular weight is 261 g/mol.